The fourth-order valence-electron chi connectivity index (χ4n) is 3.96. The molecular weight excluding hydrogens is 469 g/mol. The zero-order valence-electron chi connectivity index (χ0n) is 17.1. The molecule has 32 heavy (non-hydrogen) atoms. The molecule has 164 valence electrons. The fraction of sp³-hybridized carbons (Fsp3) is 0.217. The zero-order chi connectivity index (χ0) is 22.4. The molecule has 2 aromatic carbocycles. The summed E-state index contributed by atoms with van der Waals surface area (Å²) in [6.45, 7) is 1.82. The lowest BCUT2D eigenvalue weighted by molar-refractivity contribution is 0.0734. The summed E-state index contributed by atoms with van der Waals surface area (Å²) in [6.07, 6.45) is 0.526. The van der Waals surface area contributed by atoms with E-state index in [1.54, 1.807) is 29.5 Å². The van der Waals surface area contributed by atoms with Crippen LogP contribution >= 0.6 is 34.5 Å². The van der Waals surface area contributed by atoms with E-state index in [0.717, 1.165) is 41.2 Å². The summed E-state index contributed by atoms with van der Waals surface area (Å²) in [5.74, 6) is -0.247. The Labute approximate surface area is 199 Å². The topological polar surface area (TPSA) is 70.7 Å². The van der Waals surface area contributed by atoms with Crippen molar-refractivity contribution in [1.29, 1.82) is 0 Å². The van der Waals surface area contributed by atoms with E-state index in [-0.39, 0.29) is 22.7 Å². The van der Waals surface area contributed by atoms with Gasteiger partial charge >= 0.3 is 5.97 Å². The summed E-state index contributed by atoms with van der Waals surface area (Å²) in [5, 5.41) is 8.07. The number of amides is 1. The molecule has 2 aliphatic rings. The number of nitrogens with zero attached hydrogens (tertiary/aromatic N) is 1. The number of esters is 1. The van der Waals surface area contributed by atoms with Crippen LogP contribution in [-0.2, 0) is 13.0 Å². The summed E-state index contributed by atoms with van der Waals surface area (Å²) in [7, 11) is 2.09. The molecule has 1 unspecified atom stereocenters. The highest BCUT2D eigenvalue weighted by Crippen LogP contribution is 2.40. The van der Waals surface area contributed by atoms with E-state index in [0.29, 0.717) is 10.8 Å². The number of halogens is 2. The number of thiophene rings is 1. The van der Waals surface area contributed by atoms with E-state index in [1.165, 1.54) is 17.0 Å². The van der Waals surface area contributed by atoms with Gasteiger partial charge in [-0.25, -0.2) is 4.79 Å². The van der Waals surface area contributed by atoms with Crippen LogP contribution in [0.2, 0.25) is 10.0 Å². The molecule has 0 spiro atoms. The van der Waals surface area contributed by atoms with Gasteiger partial charge in [0.25, 0.3) is 5.91 Å². The first-order valence-electron chi connectivity index (χ1n) is 10.1. The van der Waals surface area contributed by atoms with Gasteiger partial charge in [-0.3, -0.25) is 4.79 Å². The van der Waals surface area contributed by atoms with Gasteiger partial charge in [-0.05, 0) is 54.9 Å². The highest BCUT2D eigenvalue weighted by Gasteiger charge is 2.32. The Hall–Kier alpha value is -2.58. The monoisotopic (exact) mass is 487 g/mol. The van der Waals surface area contributed by atoms with Crippen molar-refractivity contribution in [2.45, 2.75) is 19.1 Å². The minimum atomic E-state index is -0.567. The second-order valence-electron chi connectivity index (χ2n) is 7.83. The third-order valence-electron chi connectivity index (χ3n) is 5.60. The number of fused-ring (bicyclic) bond motifs is 3. The smallest absolute Gasteiger partial charge is 0.345 e. The van der Waals surface area contributed by atoms with E-state index in [4.69, 9.17) is 27.9 Å². The van der Waals surface area contributed by atoms with Crippen LogP contribution in [0.3, 0.4) is 0 Å². The van der Waals surface area contributed by atoms with Gasteiger partial charge in [-0.1, -0.05) is 35.3 Å². The third-order valence-corrected chi connectivity index (χ3v) is 7.30. The number of rotatable bonds is 3. The summed E-state index contributed by atoms with van der Waals surface area (Å²) < 4.78 is 5.43. The zero-order valence-corrected chi connectivity index (χ0v) is 19.4. The van der Waals surface area contributed by atoms with Crippen molar-refractivity contribution >= 4 is 51.4 Å². The lowest BCUT2D eigenvalue weighted by Gasteiger charge is -2.27. The van der Waals surface area contributed by atoms with Crippen LogP contribution in [0.25, 0.3) is 0 Å². The Kier molecular flexibility index (Phi) is 5.59. The summed E-state index contributed by atoms with van der Waals surface area (Å²) in [6, 6.07) is 11.6. The maximum atomic E-state index is 12.9. The average Bonchev–Trinajstić information content (AvgIpc) is 3.12. The number of anilines is 1. The molecule has 1 amide bonds. The Balaban J connectivity index is 1.32. The maximum absolute atomic E-state index is 12.9. The quantitative estimate of drug-likeness (QED) is 0.396. The van der Waals surface area contributed by atoms with Crippen molar-refractivity contribution in [2.75, 3.05) is 18.9 Å². The van der Waals surface area contributed by atoms with E-state index in [2.05, 4.69) is 22.6 Å². The lowest BCUT2D eigenvalue weighted by atomic mass is 10.0. The standard InChI is InChI=1S/C23H19Cl2N3O3S/c1-28-9-8-16-18(11-28)32-22-19(16)21(29)26-20(27-22)12-2-5-14(6-3-12)31-23(30)15-7-4-13(24)10-17(15)25/h2-7,10,20,27H,8-9,11H2,1H3,(H,26,29). The third kappa shape index (κ3) is 3.97. The van der Waals surface area contributed by atoms with Crippen LogP contribution in [0, 0.1) is 0 Å². The Morgan fingerprint density at radius 3 is 2.69 bits per heavy atom. The molecule has 0 aliphatic carbocycles. The number of hydrogen-bond donors (Lipinski definition) is 2. The van der Waals surface area contributed by atoms with E-state index in [1.807, 2.05) is 12.1 Å². The molecule has 5 rings (SSSR count). The Morgan fingerprint density at radius 2 is 1.94 bits per heavy atom. The fourth-order valence-corrected chi connectivity index (χ4v) is 5.79. The van der Waals surface area contributed by atoms with Crippen molar-refractivity contribution in [2.24, 2.45) is 0 Å². The highest BCUT2D eigenvalue weighted by atomic mass is 35.5. The van der Waals surface area contributed by atoms with Crippen LogP contribution in [0.4, 0.5) is 5.00 Å². The molecule has 6 nitrogen and oxygen atoms in total. The van der Waals surface area contributed by atoms with Gasteiger partial charge in [0.2, 0.25) is 0 Å². The lowest BCUT2D eigenvalue weighted by Crippen LogP contribution is -2.38. The first kappa shape index (κ1) is 21.3. The molecule has 0 bridgehead atoms. The molecule has 3 heterocycles. The highest BCUT2D eigenvalue weighted by molar-refractivity contribution is 7.16. The molecule has 1 aromatic heterocycles. The Bertz CT molecular complexity index is 1230. The van der Waals surface area contributed by atoms with Crippen LogP contribution in [-0.4, -0.2) is 30.4 Å². The van der Waals surface area contributed by atoms with E-state index >= 15 is 0 Å². The number of ether oxygens (including phenoxy) is 1. The maximum Gasteiger partial charge on any atom is 0.345 e. The Morgan fingerprint density at radius 1 is 1.16 bits per heavy atom. The molecule has 3 aromatic rings. The molecular formula is C23H19Cl2N3O3S. The van der Waals surface area contributed by atoms with Crippen molar-refractivity contribution in [3.05, 3.63) is 79.6 Å². The van der Waals surface area contributed by atoms with Crippen LogP contribution in [0.1, 0.15) is 42.9 Å². The van der Waals surface area contributed by atoms with Crippen LogP contribution in [0.5, 0.6) is 5.75 Å². The number of likely N-dealkylation sites (N-methyl/N-ethyl adjacent to an activating group) is 1. The second-order valence-corrected chi connectivity index (χ2v) is 9.78. The van der Waals surface area contributed by atoms with Gasteiger partial charge in [-0.15, -0.1) is 11.3 Å². The molecule has 9 heteroatoms. The first-order valence-corrected chi connectivity index (χ1v) is 11.6. The minimum Gasteiger partial charge on any atom is -0.423 e. The first-order chi connectivity index (χ1) is 15.4. The predicted molar refractivity (Wildman–Crippen MR) is 126 cm³/mol. The average molecular weight is 488 g/mol. The molecule has 0 fully saturated rings. The minimum absolute atomic E-state index is 0.0568. The molecule has 0 radical (unpaired) electrons. The molecule has 2 aliphatic heterocycles. The normalized spacial score (nSPS) is 17.7. The molecule has 0 saturated carbocycles. The van der Waals surface area contributed by atoms with Gasteiger partial charge in [-0.2, -0.15) is 0 Å². The second kappa shape index (κ2) is 8.41. The van der Waals surface area contributed by atoms with Gasteiger partial charge in [0, 0.05) is 23.0 Å². The summed E-state index contributed by atoms with van der Waals surface area (Å²) in [5.41, 5.74) is 3.03. The number of carbonyl (C=O) groups excluding carboxylic acids is 2. The number of benzene rings is 2. The van der Waals surface area contributed by atoms with Crippen molar-refractivity contribution in [3.63, 3.8) is 0 Å². The van der Waals surface area contributed by atoms with Crippen LogP contribution in [0.15, 0.2) is 42.5 Å². The number of carbonyl (C=O) groups is 2. The predicted octanol–water partition coefficient (Wildman–Crippen LogP) is 5.12. The molecule has 0 saturated heterocycles. The van der Waals surface area contributed by atoms with Crippen molar-refractivity contribution in [3.8, 4) is 5.75 Å². The van der Waals surface area contributed by atoms with Gasteiger partial charge in [0.05, 0.1) is 16.1 Å². The summed E-state index contributed by atoms with van der Waals surface area (Å²) >= 11 is 13.6. The number of hydrogen-bond acceptors (Lipinski definition) is 6. The van der Waals surface area contributed by atoms with Crippen molar-refractivity contribution < 1.29 is 14.3 Å². The van der Waals surface area contributed by atoms with Crippen LogP contribution < -0.4 is 15.4 Å². The van der Waals surface area contributed by atoms with Gasteiger partial charge < -0.3 is 20.3 Å². The number of nitrogens with one attached hydrogen (secondary N) is 2. The SMILES string of the molecule is CN1CCc2c(sc3c2C(=O)NC(c2ccc(OC(=O)c4ccc(Cl)cc4Cl)cc2)N3)C1. The molecule has 1 atom stereocenters. The van der Waals surface area contributed by atoms with Gasteiger partial charge in [0.1, 0.15) is 16.9 Å². The largest absolute Gasteiger partial charge is 0.423 e. The summed E-state index contributed by atoms with van der Waals surface area (Å²) in [4.78, 5) is 28.8. The van der Waals surface area contributed by atoms with E-state index < -0.39 is 5.97 Å². The van der Waals surface area contributed by atoms with Crippen molar-refractivity contribution in [1.82, 2.24) is 10.2 Å². The van der Waals surface area contributed by atoms with E-state index in [9.17, 15) is 9.59 Å². The molecule has 2 N–H and O–H groups in total. The van der Waals surface area contributed by atoms with Gasteiger partial charge in [0.15, 0.2) is 0 Å².